The Morgan fingerprint density at radius 3 is 0.897 bits per heavy atom. The largest absolute Gasteiger partial charge is 0.466 e. The van der Waals surface area contributed by atoms with Crippen molar-refractivity contribution >= 4 is 11.9 Å². The van der Waals surface area contributed by atoms with E-state index in [2.05, 4.69) is 19.2 Å². The second kappa shape index (κ2) is 58.4. The molecule has 0 radical (unpaired) electrons. The van der Waals surface area contributed by atoms with E-state index in [4.69, 9.17) is 4.74 Å². The molecule has 0 aliphatic carbocycles. The summed E-state index contributed by atoms with van der Waals surface area (Å²) in [5.74, 6) is -0.0166. The highest BCUT2D eigenvalue weighted by Crippen LogP contribution is 2.19. The summed E-state index contributed by atoms with van der Waals surface area (Å²) in [5.41, 5.74) is 0. The van der Waals surface area contributed by atoms with Gasteiger partial charge in [-0.25, -0.2) is 0 Å². The van der Waals surface area contributed by atoms with Gasteiger partial charge in [-0.3, -0.25) is 9.59 Å². The number of esters is 1. The van der Waals surface area contributed by atoms with E-state index in [-0.39, 0.29) is 18.5 Å². The van der Waals surface area contributed by atoms with Gasteiger partial charge in [-0.05, 0) is 25.7 Å². The zero-order valence-electron chi connectivity index (χ0n) is 46.4. The molecule has 406 valence electrons. The maximum Gasteiger partial charge on any atom is 0.305 e. The van der Waals surface area contributed by atoms with Crippen LogP contribution in [-0.2, 0) is 14.3 Å². The normalized spacial score (nSPS) is 12.5. The second-order valence-electron chi connectivity index (χ2n) is 21.8. The lowest BCUT2D eigenvalue weighted by Gasteiger charge is -2.22. The fourth-order valence-corrected chi connectivity index (χ4v) is 10.1. The van der Waals surface area contributed by atoms with Crippen molar-refractivity contribution in [1.29, 1.82) is 0 Å². The number of aliphatic hydroxyl groups excluding tert-OH is 2. The number of hydrogen-bond acceptors (Lipinski definition) is 5. The zero-order chi connectivity index (χ0) is 49.3. The summed E-state index contributed by atoms with van der Waals surface area (Å²) in [5, 5.41) is 23.3. The van der Waals surface area contributed by atoms with Crippen LogP contribution in [-0.4, -0.2) is 47.4 Å². The molecule has 0 aliphatic rings. The SMILES string of the molecule is CCCCCCCCCCCCCCCCCCC(=O)OCCCCCCCCCCCCCCCCCCCCCCCC(=O)NC(CO)C(O)CCCCCCCCCCCCCCCC. The lowest BCUT2D eigenvalue weighted by molar-refractivity contribution is -0.143. The third kappa shape index (κ3) is 54.2. The van der Waals surface area contributed by atoms with Crippen molar-refractivity contribution < 1.29 is 24.5 Å². The summed E-state index contributed by atoms with van der Waals surface area (Å²) in [6.45, 7) is 4.98. The van der Waals surface area contributed by atoms with Gasteiger partial charge >= 0.3 is 5.97 Å². The molecule has 2 atom stereocenters. The van der Waals surface area contributed by atoms with E-state index in [9.17, 15) is 19.8 Å². The van der Waals surface area contributed by atoms with Gasteiger partial charge in [0.15, 0.2) is 0 Å². The molecule has 6 nitrogen and oxygen atoms in total. The van der Waals surface area contributed by atoms with Crippen LogP contribution in [0.4, 0.5) is 0 Å². The van der Waals surface area contributed by atoms with Crippen molar-refractivity contribution in [3.8, 4) is 0 Å². The monoisotopic (exact) mass is 962 g/mol. The Balaban J connectivity index is 3.35. The van der Waals surface area contributed by atoms with Gasteiger partial charge in [0.25, 0.3) is 0 Å². The number of aliphatic hydroxyl groups is 2. The molecular formula is C62H123NO5. The number of amides is 1. The molecule has 0 aromatic carbocycles. The van der Waals surface area contributed by atoms with E-state index < -0.39 is 12.1 Å². The van der Waals surface area contributed by atoms with E-state index >= 15 is 0 Å². The van der Waals surface area contributed by atoms with Crippen molar-refractivity contribution in [2.24, 2.45) is 0 Å². The molecule has 0 bridgehead atoms. The highest BCUT2D eigenvalue weighted by molar-refractivity contribution is 5.76. The van der Waals surface area contributed by atoms with Crippen LogP contribution in [0.1, 0.15) is 361 Å². The maximum atomic E-state index is 12.5. The van der Waals surface area contributed by atoms with Crippen LogP contribution in [0.5, 0.6) is 0 Å². The number of nitrogens with one attached hydrogen (secondary N) is 1. The van der Waals surface area contributed by atoms with Crippen LogP contribution in [0, 0.1) is 0 Å². The summed E-state index contributed by atoms with van der Waals surface area (Å²) < 4.78 is 5.50. The average Bonchev–Trinajstić information content (AvgIpc) is 3.34. The van der Waals surface area contributed by atoms with Crippen LogP contribution in [0.25, 0.3) is 0 Å². The number of rotatable bonds is 59. The molecule has 0 aromatic heterocycles. The number of carbonyl (C=O) groups excluding carboxylic acids is 2. The highest BCUT2D eigenvalue weighted by atomic mass is 16.5. The van der Waals surface area contributed by atoms with Gasteiger partial charge in [0.05, 0.1) is 25.4 Å². The summed E-state index contributed by atoms with van der Waals surface area (Å²) >= 11 is 0. The van der Waals surface area contributed by atoms with Crippen molar-refractivity contribution in [1.82, 2.24) is 5.32 Å². The zero-order valence-corrected chi connectivity index (χ0v) is 46.4. The van der Waals surface area contributed by atoms with E-state index in [1.165, 1.54) is 289 Å². The summed E-state index contributed by atoms with van der Waals surface area (Å²) in [6.07, 6.45) is 68.3. The van der Waals surface area contributed by atoms with Crippen LogP contribution in [0.3, 0.4) is 0 Å². The molecular weight excluding hydrogens is 839 g/mol. The lowest BCUT2D eigenvalue weighted by Crippen LogP contribution is -2.45. The first-order chi connectivity index (χ1) is 33.5. The Hall–Kier alpha value is -1.14. The van der Waals surface area contributed by atoms with Gasteiger partial charge in [0.2, 0.25) is 5.91 Å². The van der Waals surface area contributed by atoms with Crippen LogP contribution in [0.15, 0.2) is 0 Å². The lowest BCUT2D eigenvalue weighted by atomic mass is 10.0. The fraction of sp³-hybridized carbons (Fsp3) is 0.968. The van der Waals surface area contributed by atoms with Gasteiger partial charge in [0, 0.05) is 12.8 Å². The molecule has 0 rings (SSSR count). The molecule has 0 saturated heterocycles. The van der Waals surface area contributed by atoms with Crippen LogP contribution >= 0.6 is 0 Å². The predicted octanol–water partition coefficient (Wildman–Crippen LogP) is 19.5. The Bertz CT molecular complexity index is 975. The minimum absolute atomic E-state index is 0.0165. The van der Waals surface area contributed by atoms with Gasteiger partial charge in [-0.2, -0.15) is 0 Å². The molecule has 0 fully saturated rings. The molecule has 0 heterocycles. The Kier molecular flexibility index (Phi) is 57.5. The molecule has 0 aromatic rings. The number of carbonyl (C=O) groups is 2. The van der Waals surface area contributed by atoms with E-state index in [1.807, 2.05) is 0 Å². The van der Waals surface area contributed by atoms with E-state index in [1.54, 1.807) is 0 Å². The molecule has 0 spiro atoms. The van der Waals surface area contributed by atoms with Crippen molar-refractivity contribution in [2.75, 3.05) is 13.2 Å². The van der Waals surface area contributed by atoms with Crippen molar-refractivity contribution in [3.63, 3.8) is 0 Å². The van der Waals surface area contributed by atoms with E-state index in [0.717, 1.165) is 38.5 Å². The first-order valence-corrected chi connectivity index (χ1v) is 31.3. The van der Waals surface area contributed by atoms with Crippen LogP contribution < -0.4 is 5.32 Å². The smallest absolute Gasteiger partial charge is 0.305 e. The number of hydrogen-bond donors (Lipinski definition) is 3. The first kappa shape index (κ1) is 66.9. The predicted molar refractivity (Wildman–Crippen MR) is 297 cm³/mol. The van der Waals surface area contributed by atoms with Crippen molar-refractivity contribution in [3.05, 3.63) is 0 Å². The molecule has 6 heteroatoms. The third-order valence-electron chi connectivity index (χ3n) is 14.9. The number of ether oxygens (including phenoxy) is 1. The summed E-state index contributed by atoms with van der Waals surface area (Å²) in [6, 6.07) is -0.540. The van der Waals surface area contributed by atoms with E-state index in [0.29, 0.717) is 25.9 Å². The first-order valence-electron chi connectivity index (χ1n) is 31.3. The second-order valence-corrected chi connectivity index (χ2v) is 21.8. The number of unbranched alkanes of at least 4 members (excludes halogenated alkanes) is 48. The molecule has 0 saturated carbocycles. The van der Waals surface area contributed by atoms with Crippen LogP contribution in [0.2, 0.25) is 0 Å². The Labute approximate surface area is 426 Å². The third-order valence-corrected chi connectivity index (χ3v) is 14.9. The quantitative estimate of drug-likeness (QED) is 0.0417. The molecule has 0 aliphatic heterocycles. The maximum absolute atomic E-state index is 12.5. The molecule has 3 N–H and O–H groups in total. The molecule has 68 heavy (non-hydrogen) atoms. The average molecular weight is 963 g/mol. The standard InChI is InChI=1S/C62H123NO5/c1-3-5-7-9-11-13-15-17-19-28-32-36-40-44-48-52-56-62(67)68-57-53-49-45-41-37-33-29-26-24-22-20-21-23-25-27-31-35-39-43-47-51-55-61(66)63-59(58-64)60(65)54-50-46-42-38-34-30-18-16-14-12-10-8-6-4-2/h59-60,64-65H,3-58H2,1-2H3,(H,63,66). The minimum Gasteiger partial charge on any atom is -0.466 e. The fourth-order valence-electron chi connectivity index (χ4n) is 10.1. The minimum atomic E-state index is -0.663. The Morgan fingerprint density at radius 1 is 0.353 bits per heavy atom. The summed E-state index contributed by atoms with van der Waals surface area (Å²) in [4.78, 5) is 24.6. The van der Waals surface area contributed by atoms with Gasteiger partial charge < -0.3 is 20.3 Å². The van der Waals surface area contributed by atoms with Crippen molar-refractivity contribution in [2.45, 2.75) is 373 Å². The summed E-state index contributed by atoms with van der Waals surface area (Å²) in [7, 11) is 0. The molecule has 1 amide bonds. The van der Waals surface area contributed by atoms with Gasteiger partial charge in [-0.15, -0.1) is 0 Å². The van der Waals surface area contributed by atoms with Gasteiger partial charge in [0.1, 0.15) is 0 Å². The molecule has 2 unspecified atom stereocenters. The Morgan fingerprint density at radius 2 is 0.603 bits per heavy atom. The van der Waals surface area contributed by atoms with Gasteiger partial charge in [-0.1, -0.05) is 322 Å². The highest BCUT2D eigenvalue weighted by Gasteiger charge is 2.20. The topological polar surface area (TPSA) is 95.9 Å².